The van der Waals surface area contributed by atoms with Crippen LogP contribution in [0.4, 0.5) is 4.39 Å². The SMILES string of the molecule is Fc1cc(Cc2ccccc2)cc(Cl)c1Br. The molecule has 0 saturated carbocycles. The van der Waals surface area contributed by atoms with Gasteiger partial charge in [-0.3, -0.25) is 0 Å². The summed E-state index contributed by atoms with van der Waals surface area (Å²) in [5.41, 5.74) is 2.01. The molecule has 3 heteroatoms. The molecule has 2 rings (SSSR count). The molecule has 0 aromatic heterocycles. The van der Waals surface area contributed by atoms with Gasteiger partial charge in [0.2, 0.25) is 0 Å². The molecule has 0 saturated heterocycles. The molecule has 0 heterocycles. The molecule has 0 aliphatic carbocycles. The first kappa shape index (κ1) is 11.6. The fourth-order valence-electron chi connectivity index (χ4n) is 1.54. The highest BCUT2D eigenvalue weighted by Gasteiger charge is 2.07. The van der Waals surface area contributed by atoms with Gasteiger partial charge in [0, 0.05) is 0 Å². The van der Waals surface area contributed by atoms with Gasteiger partial charge in [-0.05, 0) is 45.6 Å². The first-order chi connectivity index (χ1) is 7.66. The Hall–Kier alpha value is -0.860. The van der Waals surface area contributed by atoms with Crippen molar-refractivity contribution >= 4 is 27.5 Å². The third-order valence-corrected chi connectivity index (χ3v) is 3.63. The Kier molecular flexibility index (Phi) is 3.62. The highest BCUT2D eigenvalue weighted by molar-refractivity contribution is 9.10. The van der Waals surface area contributed by atoms with Gasteiger partial charge in [0.1, 0.15) is 5.82 Å². The Bertz CT molecular complexity index is 474. The summed E-state index contributed by atoms with van der Waals surface area (Å²) in [7, 11) is 0. The van der Waals surface area contributed by atoms with Crippen LogP contribution in [0, 0.1) is 5.82 Å². The van der Waals surface area contributed by atoms with Gasteiger partial charge < -0.3 is 0 Å². The van der Waals surface area contributed by atoms with E-state index >= 15 is 0 Å². The van der Waals surface area contributed by atoms with Gasteiger partial charge >= 0.3 is 0 Å². The molecule has 82 valence electrons. The zero-order valence-corrected chi connectivity index (χ0v) is 10.7. The van der Waals surface area contributed by atoms with Crippen LogP contribution < -0.4 is 0 Å². The molecule has 0 bridgehead atoms. The van der Waals surface area contributed by atoms with E-state index in [1.54, 1.807) is 6.07 Å². The van der Waals surface area contributed by atoms with Crippen molar-refractivity contribution in [3.63, 3.8) is 0 Å². The van der Waals surface area contributed by atoms with E-state index in [4.69, 9.17) is 11.6 Å². The van der Waals surface area contributed by atoms with E-state index in [9.17, 15) is 4.39 Å². The van der Waals surface area contributed by atoms with E-state index in [2.05, 4.69) is 15.9 Å². The molecular weight excluding hydrogens is 290 g/mol. The number of hydrogen-bond donors (Lipinski definition) is 0. The van der Waals surface area contributed by atoms with Crippen molar-refractivity contribution in [3.05, 3.63) is 68.9 Å². The lowest BCUT2D eigenvalue weighted by Gasteiger charge is -2.05. The fraction of sp³-hybridized carbons (Fsp3) is 0.0769. The van der Waals surface area contributed by atoms with E-state index in [-0.39, 0.29) is 5.82 Å². The first-order valence-corrected chi connectivity index (χ1v) is 6.01. The Morgan fingerprint density at radius 1 is 1.06 bits per heavy atom. The Balaban J connectivity index is 2.29. The van der Waals surface area contributed by atoms with Crippen LogP contribution in [0.2, 0.25) is 5.02 Å². The van der Waals surface area contributed by atoms with E-state index in [1.807, 2.05) is 30.3 Å². The highest BCUT2D eigenvalue weighted by Crippen LogP contribution is 2.27. The van der Waals surface area contributed by atoms with Crippen molar-refractivity contribution in [2.45, 2.75) is 6.42 Å². The van der Waals surface area contributed by atoms with E-state index in [0.29, 0.717) is 15.9 Å². The summed E-state index contributed by atoms with van der Waals surface area (Å²) >= 11 is 8.99. The monoisotopic (exact) mass is 298 g/mol. The summed E-state index contributed by atoms with van der Waals surface area (Å²) in [4.78, 5) is 0. The molecule has 0 spiro atoms. The molecule has 0 atom stereocenters. The third kappa shape index (κ3) is 2.63. The maximum absolute atomic E-state index is 13.4. The molecule has 0 amide bonds. The lowest BCUT2D eigenvalue weighted by atomic mass is 10.1. The normalized spacial score (nSPS) is 10.4. The van der Waals surface area contributed by atoms with Gasteiger partial charge in [-0.2, -0.15) is 0 Å². The quantitative estimate of drug-likeness (QED) is 0.697. The van der Waals surface area contributed by atoms with Crippen LogP contribution in [0.25, 0.3) is 0 Å². The summed E-state index contributed by atoms with van der Waals surface area (Å²) in [5, 5.41) is 0.408. The molecule has 16 heavy (non-hydrogen) atoms. The topological polar surface area (TPSA) is 0 Å². The van der Waals surface area contributed by atoms with Crippen molar-refractivity contribution in [1.29, 1.82) is 0 Å². The van der Waals surface area contributed by atoms with E-state index in [0.717, 1.165) is 11.1 Å². The van der Waals surface area contributed by atoms with Crippen molar-refractivity contribution in [2.75, 3.05) is 0 Å². The summed E-state index contributed by atoms with van der Waals surface area (Å²) in [6.45, 7) is 0. The predicted molar refractivity (Wildman–Crippen MR) is 68.4 cm³/mol. The van der Waals surface area contributed by atoms with Crippen LogP contribution in [-0.4, -0.2) is 0 Å². The zero-order valence-electron chi connectivity index (χ0n) is 8.38. The predicted octanol–water partition coefficient (Wildman–Crippen LogP) is 4.83. The number of benzene rings is 2. The maximum atomic E-state index is 13.4. The van der Waals surface area contributed by atoms with Gasteiger partial charge in [0.15, 0.2) is 0 Å². The minimum atomic E-state index is -0.321. The second-order valence-corrected chi connectivity index (χ2v) is 4.74. The van der Waals surface area contributed by atoms with Crippen molar-refractivity contribution in [3.8, 4) is 0 Å². The molecule has 2 aromatic rings. The lowest BCUT2D eigenvalue weighted by molar-refractivity contribution is 0.619. The Morgan fingerprint density at radius 2 is 1.75 bits per heavy atom. The minimum Gasteiger partial charge on any atom is -0.206 e. The second-order valence-electron chi connectivity index (χ2n) is 3.54. The van der Waals surface area contributed by atoms with Crippen LogP contribution in [0.1, 0.15) is 11.1 Å². The highest BCUT2D eigenvalue weighted by atomic mass is 79.9. The average Bonchev–Trinajstić information content (AvgIpc) is 2.27. The van der Waals surface area contributed by atoms with Gasteiger partial charge in [0.25, 0.3) is 0 Å². The molecule has 0 fully saturated rings. The van der Waals surface area contributed by atoms with Gasteiger partial charge in [-0.15, -0.1) is 0 Å². The van der Waals surface area contributed by atoms with Crippen LogP contribution in [0.3, 0.4) is 0 Å². The van der Waals surface area contributed by atoms with Crippen LogP contribution in [0.15, 0.2) is 46.9 Å². The van der Waals surface area contributed by atoms with E-state index < -0.39 is 0 Å². The van der Waals surface area contributed by atoms with Crippen LogP contribution in [-0.2, 0) is 6.42 Å². The lowest BCUT2D eigenvalue weighted by Crippen LogP contribution is -1.90. The summed E-state index contributed by atoms with van der Waals surface area (Å²) < 4.78 is 13.7. The second kappa shape index (κ2) is 4.98. The molecule has 0 radical (unpaired) electrons. The first-order valence-electron chi connectivity index (χ1n) is 4.84. The van der Waals surface area contributed by atoms with Gasteiger partial charge in [-0.1, -0.05) is 41.9 Å². The molecule has 2 aromatic carbocycles. The summed E-state index contributed by atoms with van der Waals surface area (Å²) in [5.74, 6) is -0.321. The van der Waals surface area contributed by atoms with Crippen molar-refractivity contribution < 1.29 is 4.39 Å². The van der Waals surface area contributed by atoms with Crippen LogP contribution >= 0.6 is 27.5 Å². The molecule has 0 aliphatic rings. The third-order valence-electron chi connectivity index (χ3n) is 2.29. The minimum absolute atomic E-state index is 0.321. The molecular formula is C13H9BrClF. The van der Waals surface area contributed by atoms with Crippen molar-refractivity contribution in [1.82, 2.24) is 0 Å². The molecule has 0 unspecified atom stereocenters. The Morgan fingerprint density at radius 3 is 2.38 bits per heavy atom. The fourth-order valence-corrected chi connectivity index (χ4v) is 2.00. The average molecular weight is 300 g/mol. The molecule has 0 aliphatic heterocycles. The standard InChI is InChI=1S/C13H9BrClF/c14-13-11(15)7-10(8-12(13)16)6-9-4-2-1-3-5-9/h1-5,7-8H,6H2. The maximum Gasteiger partial charge on any atom is 0.139 e. The Labute approximate surface area is 107 Å². The zero-order chi connectivity index (χ0) is 11.5. The number of hydrogen-bond acceptors (Lipinski definition) is 0. The van der Waals surface area contributed by atoms with Gasteiger partial charge in [-0.25, -0.2) is 4.39 Å². The largest absolute Gasteiger partial charge is 0.206 e. The number of halogens is 3. The van der Waals surface area contributed by atoms with Crippen molar-refractivity contribution in [2.24, 2.45) is 0 Å². The smallest absolute Gasteiger partial charge is 0.139 e. The number of rotatable bonds is 2. The molecule has 0 nitrogen and oxygen atoms in total. The summed E-state index contributed by atoms with van der Waals surface area (Å²) in [6, 6.07) is 13.2. The van der Waals surface area contributed by atoms with Gasteiger partial charge in [0.05, 0.1) is 9.50 Å². The van der Waals surface area contributed by atoms with Crippen LogP contribution in [0.5, 0.6) is 0 Å². The summed E-state index contributed by atoms with van der Waals surface area (Å²) in [6.07, 6.45) is 0.685. The molecule has 0 N–H and O–H groups in total. The van der Waals surface area contributed by atoms with E-state index in [1.165, 1.54) is 6.07 Å².